The van der Waals surface area contributed by atoms with E-state index in [9.17, 15) is 4.79 Å². The summed E-state index contributed by atoms with van der Waals surface area (Å²) in [6, 6.07) is 7.54. The van der Waals surface area contributed by atoms with Crippen LogP contribution in [0.1, 0.15) is 12.0 Å². The van der Waals surface area contributed by atoms with Crippen molar-refractivity contribution >= 4 is 5.91 Å². The normalized spacial score (nSPS) is 9.93. The lowest BCUT2D eigenvalue weighted by Gasteiger charge is -2.06. The minimum Gasteiger partial charge on any atom is -0.493 e. The van der Waals surface area contributed by atoms with Crippen LogP contribution >= 0.6 is 0 Å². The highest BCUT2D eigenvalue weighted by molar-refractivity contribution is 5.73. The predicted molar refractivity (Wildman–Crippen MR) is 56.5 cm³/mol. The van der Waals surface area contributed by atoms with Crippen LogP contribution in [0.2, 0.25) is 0 Å². The van der Waals surface area contributed by atoms with Crippen molar-refractivity contribution in [3.05, 3.63) is 29.8 Å². The number of hydrogen-bond donors (Lipinski definition) is 1. The summed E-state index contributed by atoms with van der Waals surface area (Å²) in [7, 11) is 1.64. The zero-order chi connectivity index (χ0) is 11.1. The molecule has 0 atom stereocenters. The highest BCUT2D eigenvalue weighted by Crippen LogP contribution is 2.13. The third kappa shape index (κ3) is 4.46. The molecule has 0 saturated carbocycles. The Morgan fingerprint density at radius 2 is 2.27 bits per heavy atom. The summed E-state index contributed by atoms with van der Waals surface area (Å²) < 4.78 is 10.3. The van der Waals surface area contributed by atoms with Gasteiger partial charge in [-0.25, -0.2) is 0 Å². The van der Waals surface area contributed by atoms with Gasteiger partial charge in [-0.15, -0.1) is 0 Å². The molecule has 0 spiro atoms. The fourth-order valence-electron chi connectivity index (χ4n) is 1.16. The Hall–Kier alpha value is -1.55. The van der Waals surface area contributed by atoms with E-state index in [1.165, 1.54) is 0 Å². The second-order valence-corrected chi connectivity index (χ2v) is 3.15. The van der Waals surface area contributed by atoms with Gasteiger partial charge in [0.15, 0.2) is 0 Å². The summed E-state index contributed by atoms with van der Waals surface area (Å²) in [5, 5.41) is 0. The third-order valence-corrected chi connectivity index (χ3v) is 1.83. The zero-order valence-electron chi connectivity index (χ0n) is 8.73. The van der Waals surface area contributed by atoms with Crippen molar-refractivity contribution in [1.29, 1.82) is 0 Å². The van der Waals surface area contributed by atoms with E-state index in [1.807, 2.05) is 24.3 Å². The van der Waals surface area contributed by atoms with E-state index in [0.717, 1.165) is 11.3 Å². The van der Waals surface area contributed by atoms with Crippen LogP contribution in [0.15, 0.2) is 24.3 Å². The lowest BCUT2D eigenvalue weighted by Crippen LogP contribution is -2.14. The van der Waals surface area contributed by atoms with Crippen LogP contribution in [0, 0.1) is 0 Å². The maximum atomic E-state index is 10.5. The van der Waals surface area contributed by atoms with Crippen molar-refractivity contribution in [2.24, 2.45) is 5.73 Å². The van der Waals surface area contributed by atoms with E-state index in [-0.39, 0.29) is 12.3 Å². The van der Waals surface area contributed by atoms with Crippen LogP contribution in [0.4, 0.5) is 0 Å². The lowest BCUT2D eigenvalue weighted by atomic mass is 10.2. The lowest BCUT2D eigenvalue weighted by molar-refractivity contribution is -0.118. The van der Waals surface area contributed by atoms with Crippen LogP contribution in [0.25, 0.3) is 0 Å². The summed E-state index contributed by atoms with van der Waals surface area (Å²) in [5.74, 6) is 0.369. The monoisotopic (exact) mass is 209 g/mol. The maximum Gasteiger partial charge on any atom is 0.220 e. The molecule has 0 aliphatic rings. The van der Waals surface area contributed by atoms with E-state index < -0.39 is 0 Å². The van der Waals surface area contributed by atoms with Gasteiger partial charge in [-0.05, 0) is 17.7 Å². The number of rotatable bonds is 6. The van der Waals surface area contributed by atoms with Crippen LogP contribution in [0.5, 0.6) is 5.75 Å². The van der Waals surface area contributed by atoms with Gasteiger partial charge in [0.1, 0.15) is 5.75 Å². The molecule has 0 fully saturated rings. The van der Waals surface area contributed by atoms with Crippen molar-refractivity contribution in [3.63, 3.8) is 0 Å². The molecule has 1 aromatic carbocycles. The molecule has 0 aliphatic carbocycles. The van der Waals surface area contributed by atoms with Gasteiger partial charge in [0.25, 0.3) is 0 Å². The molecule has 82 valence electrons. The number of benzene rings is 1. The van der Waals surface area contributed by atoms with Gasteiger partial charge in [0, 0.05) is 7.11 Å². The number of hydrogen-bond acceptors (Lipinski definition) is 3. The molecule has 0 heterocycles. The van der Waals surface area contributed by atoms with Crippen molar-refractivity contribution in [2.45, 2.75) is 13.0 Å². The maximum absolute atomic E-state index is 10.5. The molecule has 1 amide bonds. The second-order valence-electron chi connectivity index (χ2n) is 3.15. The summed E-state index contributed by atoms with van der Waals surface area (Å²) in [4.78, 5) is 10.5. The van der Waals surface area contributed by atoms with Gasteiger partial charge in [-0.1, -0.05) is 12.1 Å². The zero-order valence-corrected chi connectivity index (χ0v) is 8.73. The minimum absolute atomic E-state index is 0.231. The fraction of sp³-hybridized carbons (Fsp3) is 0.364. The molecule has 0 aliphatic heterocycles. The van der Waals surface area contributed by atoms with Gasteiger partial charge in [0.2, 0.25) is 5.91 Å². The number of carbonyl (C=O) groups excluding carboxylic acids is 1. The molecule has 0 aromatic heterocycles. The molecular formula is C11H15NO3. The molecule has 1 rings (SSSR count). The molecule has 0 bridgehead atoms. The Kier molecular flexibility index (Phi) is 4.63. The molecule has 4 nitrogen and oxygen atoms in total. The first-order valence-corrected chi connectivity index (χ1v) is 4.71. The second kappa shape index (κ2) is 6.03. The Morgan fingerprint density at radius 3 is 2.93 bits per heavy atom. The highest BCUT2D eigenvalue weighted by Gasteiger charge is 1.98. The first kappa shape index (κ1) is 11.5. The first-order valence-electron chi connectivity index (χ1n) is 4.71. The number of primary amides is 1. The van der Waals surface area contributed by atoms with Gasteiger partial charge in [-0.3, -0.25) is 4.79 Å². The standard InChI is InChI=1S/C11H15NO3/c1-14-8-9-3-2-4-10(7-9)15-6-5-11(12)13/h2-4,7H,5-6,8H2,1H3,(H2,12,13). The van der Waals surface area contributed by atoms with Crippen LogP contribution in [-0.2, 0) is 16.1 Å². The van der Waals surface area contributed by atoms with Crippen LogP contribution in [-0.4, -0.2) is 19.6 Å². The van der Waals surface area contributed by atoms with Crippen molar-refractivity contribution in [2.75, 3.05) is 13.7 Å². The number of ether oxygens (including phenoxy) is 2. The number of nitrogens with two attached hydrogens (primary N) is 1. The van der Waals surface area contributed by atoms with E-state index in [2.05, 4.69) is 0 Å². The molecule has 0 unspecified atom stereocenters. The third-order valence-electron chi connectivity index (χ3n) is 1.83. The largest absolute Gasteiger partial charge is 0.493 e. The Bertz CT molecular complexity index is 325. The number of methoxy groups -OCH3 is 1. The Labute approximate surface area is 89.0 Å². The average molecular weight is 209 g/mol. The molecule has 4 heteroatoms. The van der Waals surface area contributed by atoms with Crippen molar-refractivity contribution < 1.29 is 14.3 Å². The van der Waals surface area contributed by atoms with Crippen molar-refractivity contribution in [3.8, 4) is 5.75 Å². The van der Waals surface area contributed by atoms with Gasteiger partial charge >= 0.3 is 0 Å². The summed E-state index contributed by atoms with van der Waals surface area (Å²) in [6.45, 7) is 0.860. The van der Waals surface area contributed by atoms with E-state index in [4.69, 9.17) is 15.2 Å². The fourth-order valence-corrected chi connectivity index (χ4v) is 1.16. The van der Waals surface area contributed by atoms with Crippen LogP contribution in [0.3, 0.4) is 0 Å². The van der Waals surface area contributed by atoms with Crippen molar-refractivity contribution in [1.82, 2.24) is 0 Å². The van der Waals surface area contributed by atoms with E-state index >= 15 is 0 Å². The number of amides is 1. The van der Waals surface area contributed by atoms with E-state index in [0.29, 0.717) is 13.2 Å². The van der Waals surface area contributed by atoms with Gasteiger partial charge < -0.3 is 15.2 Å². The molecular weight excluding hydrogens is 194 g/mol. The quantitative estimate of drug-likeness (QED) is 0.762. The predicted octanol–water partition coefficient (Wildman–Crippen LogP) is 1.09. The summed E-state index contributed by atoms with van der Waals surface area (Å²) >= 11 is 0. The van der Waals surface area contributed by atoms with Crippen LogP contribution < -0.4 is 10.5 Å². The Balaban J connectivity index is 2.46. The van der Waals surface area contributed by atoms with Gasteiger partial charge in [-0.2, -0.15) is 0 Å². The first-order chi connectivity index (χ1) is 7.22. The molecule has 2 N–H and O–H groups in total. The SMILES string of the molecule is COCc1cccc(OCCC(N)=O)c1. The molecule has 15 heavy (non-hydrogen) atoms. The smallest absolute Gasteiger partial charge is 0.220 e. The molecule has 0 radical (unpaired) electrons. The van der Waals surface area contributed by atoms with E-state index in [1.54, 1.807) is 7.11 Å². The topological polar surface area (TPSA) is 61.6 Å². The minimum atomic E-state index is -0.358. The molecule has 0 saturated heterocycles. The Morgan fingerprint density at radius 1 is 1.47 bits per heavy atom. The summed E-state index contributed by atoms with van der Waals surface area (Å²) in [6.07, 6.45) is 0.231. The average Bonchev–Trinajstić information content (AvgIpc) is 2.18. The van der Waals surface area contributed by atoms with Gasteiger partial charge in [0.05, 0.1) is 19.6 Å². The highest BCUT2D eigenvalue weighted by atomic mass is 16.5. The number of carbonyl (C=O) groups is 1. The summed E-state index contributed by atoms with van der Waals surface area (Å²) in [5.41, 5.74) is 6.03. The molecule has 1 aromatic rings.